The summed E-state index contributed by atoms with van der Waals surface area (Å²) in [7, 11) is 0. The first-order valence-corrected chi connectivity index (χ1v) is 8.73. The number of rotatable bonds is 4. The summed E-state index contributed by atoms with van der Waals surface area (Å²) < 4.78 is 6.09. The molecule has 1 aromatic rings. The molecule has 2 saturated carbocycles. The molecule has 0 aromatic heterocycles. The van der Waals surface area contributed by atoms with Crippen molar-refractivity contribution < 1.29 is 14.6 Å². The number of carbonyl (C=O) groups is 1. The molecule has 22 heavy (non-hydrogen) atoms. The Morgan fingerprint density at radius 2 is 1.68 bits per heavy atom. The van der Waals surface area contributed by atoms with Crippen LogP contribution in [0.25, 0.3) is 0 Å². The fourth-order valence-electron chi connectivity index (χ4n) is 4.25. The lowest BCUT2D eigenvalue weighted by molar-refractivity contribution is 0.0667. The molecular weight excluding hydrogens is 276 g/mol. The van der Waals surface area contributed by atoms with Crippen LogP contribution in [0.4, 0.5) is 0 Å². The highest BCUT2D eigenvalue weighted by Gasteiger charge is 2.30. The van der Waals surface area contributed by atoms with Gasteiger partial charge in [0.1, 0.15) is 11.3 Å². The van der Waals surface area contributed by atoms with Crippen LogP contribution >= 0.6 is 0 Å². The minimum atomic E-state index is -0.907. The average molecular weight is 302 g/mol. The number of para-hydroxylation sites is 1. The van der Waals surface area contributed by atoms with Gasteiger partial charge in [0.05, 0.1) is 6.10 Å². The van der Waals surface area contributed by atoms with Gasteiger partial charge in [-0.3, -0.25) is 0 Å². The largest absolute Gasteiger partial charge is 0.490 e. The van der Waals surface area contributed by atoms with E-state index in [9.17, 15) is 9.90 Å². The van der Waals surface area contributed by atoms with Crippen molar-refractivity contribution >= 4 is 5.97 Å². The van der Waals surface area contributed by atoms with Gasteiger partial charge in [-0.2, -0.15) is 0 Å². The molecule has 2 aliphatic rings. The molecule has 0 radical (unpaired) electrons. The molecule has 2 aliphatic carbocycles. The molecule has 0 spiro atoms. The third-order valence-corrected chi connectivity index (χ3v) is 5.39. The molecule has 0 saturated heterocycles. The molecule has 1 aromatic carbocycles. The summed E-state index contributed by atoms with van der Waals surface area (Å²) in [5.41, 5.74) is 0.280. The number of hydrogen-bond donors (Lipinski definition) is 1. The van der Waals surface area contributed by atoms with Crippen molar-refractivity contribution in [1.29, 1.82) is 0 Å². The van der Waals surface area contributed by atoms with Crippen LogP contribution in [0.15, 0.2) is 24.3 Å². The predicted molar refractivity (Wildman–Crippen MR) is 86.4 cm³/mol. The fourth-order valence-corrected chi connectivity index (χ4v) is 4.25. The summed E-state index contributed by atoms with van der Waals surface area (Å²) in [5, 5.41) is 9.27. The van der Waals surface area contributed by atoms with Gasteiger partial charge in [-0.05, 0) is 49.7 Å². The Bertz CT molecular complexity index is 505. The van der Waals surface area contributed by atoms with Crippen LogP contribution in [-0.4, -0.2) is 17.2 Å². The minimum absolute atomic E-state index is 0.182. The Kier molecular flexibility index (Phi) is 5.01. The van der Waals surface area contributed by atoms with Crippen LogP contribution in [0.3, 0.4) is 0 Å². The Labute approximate surface area is 132 Å². The second-order valence-corrected chi connectivity index (χ2v) is 6.87. The third-order valence-electron chi connectivity index (χ3n) is 5.39. The Morgan fingerprint density at radius 1 is 0.955 bits per heavy atom. The van der Waals surface area contributed by atoms with E-state index in [1.54, 1.807) is 18.2 Å². The average Bonchev–Trinajstić information content (AvgIpc) is 2.56. The van der Waals surface area contributed by atoms with Crippen LogP contribution < -0.4 is 4.74 Å². The Morgan fingerprint density at radius 3 is 2.45 bits per heavy atom. The zero-order chi connectivity index (χ0) is 15.4. The van der Waals surface area contributed by atoms with Crippen LogP contribution in [0, 0.1) is 11.8 Å². The molecule has 3 rings (SSSR count). The first-order chi connectivity index (χ1) is 10.7. The van der Waals surface area contributed by atoms with E-state index < -0.39 is 5.97 Å². The molecule has 0 heterocycles. The van der Waals surface area contributed by atoms with E-state index in [1.165, 1.54) is 44.9 Å². The van der Waals surface area contributed by atoms with Crippen LogP contribution in [-0.2, 0) is 0 Å². The SMILES string of the molecule is O=C(O)c1ccccc1OC1CCCC(C2CCCCC2)C1. The highest BCUT2D eigenvalue weighted by Crippen LogP contribution is 2.39. The number of carboxylic acids is 1. The quantitative estimate of drug-likeness (QED) is 0.860. The van der Waals surface area contributed by atoms with E-state index >= 15 is 0 Å². The van der Waals surface area contributed by atoms with Crippen LogP contribution in [0.1, 0.15) is 68.1 Å². The summed E-state index contributed by atoms with van der Waals surface area (Å²) in [6, 6.07) is 7.01. The first-order valence-electron chi connectivity index (χ1n) is 8.73. The molecule has 0 aliphatic heterocycles. The summed E-state index contributed by atoms with van der Waals surface area (Å²) in [4.78, 5) is 11.3. The lowest BCUT2D eigenvalue weighted by Crippen LogP contribution is -2.30. The zero-order valence-electron chi connectivity index (χ0n) is 13.2. The molecule has 0 amide bonds. The fraction of sp³-hybridized carbons (Fsp3) is 0.632. The van der Waals surface area contributed by atoms with Gasteiger partial charge in [0.2, 0.25) is 0 Å². The molecule has 2 atom stereocenters. The van der Waals surface area contributed by atoms with Crippen molar-refractivity contribution in [3.63, 3.8) is 0 Å². The lowest BCUT2D eigenvalue weighted by Gasteiger charge is -2.36. The van der Waals surface area contributed by atoms with Crippen molar-refractivity contribution in [2.75, 3.05) is 0 Å². The summed E-state index contributed by atoms with van der Waals surface area (Å²) in [6.45, 7) is 0. The number of ether oxygens (including phenoxy) is 1. The van der Waals surface area contributed by atoms with Gasteiger partial charge in [-0.1, -0.05) is 44.2 Å². The van der Waals surface area contributed by atoms with Gasteiger partial charge >= 0.3 is 5.97 Å². The van der Waals surface area contributed by atoms with Crippen molar-refractivity contribution in [2.24, 2.45) is 11.8 Å². The number of carboxylic acid groups (broad SMARTS) is 1. The number of aromatic carboxylic acids is 1. The molecule has 1 N–H and O–H groups in total. The van der Waals surface area contributed by atoms with E-state index in [0.717, 1.165) is 24.7 Å². The van der Waals surface area contributed by atoms with E-state index in [1.807, 2.05) is 6.07 Å². The standard InChI is InChI=1S/C19H26O3/c20-19(21)17-11-4-5-12-18(17)22-16-10-6-9-15(13-16)14-7-2-1-3-8-14/h4-5,11-12,14-16H,1-3,6-10,13H2,(H,20,21). The zero-order valence-corrected chi connectivity index (χ0v) is 13.2. The molecule has 120 valence electrons. The van der Waals surface area contributed by atoms with Crippen molar-refractivity contribution in [3.05, 3.63) is 29.8 Å². The first kappa shape index (κ1) is 15.4. The summed E-state index contributed by atoms with van der Waals surface area (Å²) >= 11 is 0. The molecule has 2 unspecified atom stereocenters. The summed E-state index contributed by atoms with van der Waals surface area (Å²) in [5.74, 6) is 1.27. The van der Waals surface area contributed by atoms with Crippen LogP contribution in [0.5, 0.6) is 5.75 Å². The lowest BCUT2D eigenvalue weighted by atomic mass is 9.73. The normalized spacial score (nSPS) is 26.5. The van der Waals surface area contributed by atoms with Gasteiger partial charge in [0.25, 0.3) is 0 Å². The van der Waals surface area contributed by atoms with Crippen LogP contribution in [0.2, 0.25) is 0 Å². The summed E-state index contributed by atoms with van der Waals surface area (Å²) in [6.07, 6.45) is 11.8. The van der Waals surface area contributed by atoms with Crippen molar-refractivity contribution in [3.8, 4) is 5.75 Å². The maximum absolute atomic E-state index is 11.3. The van der Waals surface area contributed by atoms with E-state index in [2.05, 4.69) is 0 Å². The second-order valence-electron chi connectivity index (χ2n) is 6.87. The van der Waals surface area contributed by atoms with Gasteiger partial charge in [-0.25, -0.2) is 4.79 Å². The molecule has 3 nitrogen and oxygen atoms in total. The highest BCUT2D eigenvalue weighted by atomic mass is 16.5. The Balaban J connectivity index is 1.64. The minimum Gasteiger partial charge on any atom is -0.490 e. The topological polar surface area (TPSA) is 46.5 Å². The van der Waals surface area contributed by atoms with Gasteiger partial charge in [-0.15, -0.1) is 0 Å². The maximum Gasteiger partial charge on any atom is 0.339 e. The molecule has 3 heteroatoms. The van der Waals surface area contributed by atoms with Gasteiger partial charge in [0.15, 0.2) is 0 Å². The van der Waals surface area contributed by atoms with Gasteiger partial charge in [0, 0.05) is 0 Å². The van der Waals surface area contributed by atoms with E-state index in [4.69, 9.17) is 4.74 Å². The third kappa shape index (κ3) is 3.63. The Hall–Kier alpha value is -1.51. The van der Waals surface area contributed by atoms with Crippen molar-refractivity contribution in [1.82, 2.24) is 0 Å². The smallest absolute Gasteiger partial charge is 0.339 e. The molecule has 0 bridgehead atoms. The number of benzene rings is 1. The van der Waals surface area contributed by atoms with Gasteiger partial charge < -0.3 is 9.84 Å². The predicted octanol–water partition coefficient (Wildman–Crippen LogP) is 4.90. The van der Waals surface area contributed by atoms with E-state index in [0.29, 0.717) is 5.75 Å². The number of hydrogen-bond acceptors (Lipinski definition) is 2. The highest BCUT2D eigenvalue weighted by molar-refractivity contribution is 5.90. The second kappa shape index (κ2) is 7.17. The molecule has 2 fully saturated rings. The maximum atomic E-state index is 11.3. The monoisotopic (exact) mass is 302 g/mol. The van der Waals surface area contributed by atoms with Crippen molar-refractivity contribution in [2.45, 2.75) is 63.9 Å². The molecular formula is C19H26O3. The van der Waals surface area contributed by atoms with E-state index in [-0.39, 0.29) is 11.7 Å².